The summed E-state index contributed by atoms with van der Waals surface area (Å²) < 4.78 is 5.63. The summed E-state index contributed by atoms with van der Waals surface area (Å²) in [6.07, 6.45) is 2.13. The van der Waals surface area contributed by atoms with Crippen molar-refractivity contribution in [2.45, 2.75) is 51.8 Å². The van der Waals surface area contributed by atoms with Crippen molar-refractivity contribution < 1.29 is 14.6 Å². The summed E-state index contributed by atoms with van der Waals surface area (Å²) in [5, 5.41) is 12.3. The van der Waals surface area contributed by atoms with Crippen molar-refractivity contribution in [2.75, 3.05) is 26.2 Å². The van der Waals surface area contributed by atoms with E-state index in [1.54, 1.807) is 0 Å². The van der Waals surface area contributed by atoms with Gasteiger partial charge in [-0.3, -0.25) is 9.69 Å². The monoisotopic (exact) mass is 258 g/mol. The van der Waals surface area contributed by atoms with Crippen LogP contribution in [0.15, 0.2) is 0 Å². The van der Waals surface area contributed by atoms with Gasteiger partial charge in [-0.25, -0.2) is 0 Å². The Balaban J connectivity index is 2.56. The summed E-state index contributed by atoms with van der Waals surface area (Å²) in [6, 6.07) is -0.143. The van der Waals surface area contributed by atoms with Crippen molar-refractivity contribution in [3.05, 3.63) is 0 Å². The van der Waals surface area contributed by atoms with Crippen LogP contribution in [0, 0.1) is 0 Å². The highest BCUT2D eigenvalue weighted by molar-refractivity contribution is 5.73. The molecule has 1 rings (SSSR count). The van der Waals surface area contributed by atoms with Crippen molar-refractivity contribution in [1.82, 2.24) is 10.2 Å². The van der Waals surface area contributed by atoms with E-state index in [0.29, 0.717) is 19.2 Å². The second kappa shape index (κ2) is 7.71. The number of aliphatic carboxylic acids is 1. The number of nitrogens with one attached hydrogen (secondary N) is 1. The zero-order valence-electron chi connectivity index (χ0n) is 11.7. The topological polar surface area (TPSA) is 61.8 Å². The molecule has 3 atom stereocenters. The lowest BCUT2D eigenvalue weighted by atomic mass is 10.1. The Labute approximate surface area is 109 Å². The van der Waals surface area contributed by atoms with Gasteiger partial charge in [0.2, 0.25) is 0 Å². The van der Waals surface area contributed by atoms with E-state index in [1.165, 1.54) is 0 Å². The predicted molar refractivity (Wildman–Crippen MR) is 70.8 cm³/mol. The first kappa shape index (κ1) is 15.4. The third kappa shape index (κ3) is 4.55. The van der Waals surface area contributed by atoms with Crippen LogP contribution in [0.1, 0.15) is 33.6 Å². The first-order valence-corrected chi connectivity index (χ1v) is 6.90. The molecule has 0 amide bonds. The van der Waals surface area contributed by atoms with Crippen LogP contribution in [-0.2, 0) is 9.53 Å². The molecule has 1 aliphatic heterocycles. The van der Waals surface area contributed by atoms with Gasteiger partial charge in [0, 0.05) is 19.1 Å². The molecule has 0 radical (unpaired) electrons. The van der Waals surface area contributed by atoms with Crippen LogP contribution in [0.25, 0.3) is 0 Å². The van der Waals surface area contributed by atoms with Gasteiger partial charge < -0.3 is 15.2 Å². The Hall–Kier alpha value is -0.650. The van der Waals surface area contributed by atoms with Gasteiger partial charge in [-0.05, 0) is 26.3 Å². The van der Waals surface area contributed by atoms with E-state index >= 15 is 0 Å². The van der Waals surface area contributed by atoms with Gasteiger partial charge >= 0.3 is 5.97 Å². The second-order valence-electron chi connectivity index (χ2n) is 5.00. The summed E-state index contributed by atoms with van der Waals surface area (Å²) in [7, 11) is 0. The van der Waals surface area contributed by atoms with E-state index < -0.39 is 12.0 Å². The summed E-state index contributed by atoms with van der Waals surface area (Å²) >= 11 is 0. The Morgan fingerprint density at radius 2 is 2.28 bits per heavy atom. The molecule has 1 aliphatic rings. The fraction of sp³-hybridized carbons (Fsp3) is 0.923. The summed E-state index contributed by atoms with van der Waals surface area (Å²) in [4.78, 5) is 13.5. The highest BCUT2D eigenvalue weighted by Crippen LogP contribution is 2.14. The normalized spacial score (nSPS) is 27.1. The van der Waals surface area contributed by atoms with Gasteiger partial charge in [-0.1, -0.05) is 13.8 Å². The van der Waals surface area contributed by atoms with Crippen LogP contribution in [0.4, 0.5) is 0 Å². The average Bonchev–Trinajstić information content (AvgIpc) is 2.34. The molecule has 18 heavy (non-hydrogen) atoms. The van der Waals surface area contributed by atoms with Crippen LogP contribution >= 0.6 is 0 Å². The van der Waals surface area contributed by atoms with Crippen LogP contribution in [-0.4, -0.2) is 60.4 Å². The SMILES string of the molecule is CCCNC(CN1CC(C)OCC1CC)C(=O)O. The number of morpholine rings is 1. The Morgan fingerprint density at radius 3 is 2.83 bits per heavy atom. The maximum absolute atomic E-state index is 11.2. The second-order valence-corrected chi connectivity index (χ2v) is 5.00. The van der Waals surface area contributed by atoms with Crippen molar-refractivity contribution in [3.63, 3.8) is 0 Å². The van der Waals surface area contributed by atoms with Crippen molar-refractivity contribution >= 4 is 5.97 Å². The fourth-order valence-electron chi connectivity index (χ4n) is 2.30. The molecule has 0 aromatic carbocycles. The van der Waals surface area contributed by atoms with Gasteiger partial charge in [-0.2, -0.15) is 0 Å². The van der Waals surface area contributed by atoms with Crippen LogP contribution in [0.3, 0.4) is 0 Å². The van der Waals surface area contributed by atoms with Crippen molar-refractivity contribution in [1.29, 1.82) is 0 Å². The molecule has 1 heterocycles. The van der Waals surface area contributed by atoms with E-state index in [4.69, 9.17) is 4.74 Å². The number of carboxylic acids is 1. The van der Waals surface area contributed by atoms with E-state index in [1.807, 2.05) is 13.8 Å². The van der Waals surface area contributed by atoms with Gasteiger partial charge in [0.25, 0.3) is 0 Å². The average molecular weight is 258 g/mol. The van der Waals surface area contributed by atoms with E-state index in [0.717, 1.165) is 25.9 Å². The highest BCUT2D eigenvalue weighted by Gasteiger charge is 2.29. The van der Waals surface area contributed by atoms with E-state index in [-0.39, 0.29) is 6.10 Å². The fourth-order valence-corrected chi connectivity index (χ4v) is 2.30. The quantitative estimate of drug-likeness (QED) is 0.711. The minimum absolute atomic E-state index is 0.188. The minimum atomic E-state index is -0.766. The standard InChI is InChI=1S/C13H26N2O3/c1-4-6-14-12(13(16)17)8-15-7-10(3)18-9-11(15)5-2/h10-12,14H,4-9H2,1-3H3,(H,16,17). The zero-order chi connectivity index (χ0) is 13.5. The lowest BCUT2D eigenvalue weighted by molar-refractivity contribution is -0.141. The molecule has 0 saturated carbocycles. The van der Waals surface area contributed by atoms with Gasteiger partial charge in [-0.15, -0.1) is 0 Å². The number of carboxylic acid groups (broad SMARTS) is 1. The van der Waals surface area contributed by atoms with Crippen LogP contribution in [0.2, 0.25) is 0 Å². The predicted octanol–water partition coefficient (Wildman–Crippen LogP) is 0.939. The molecule has 0 aromatic rings. The first-order valence-electron chi connectivity index (χ1n) is 6.90. The number of ether oxygens (including phenoxy) is 1. The van der Waals surface area contributed by atoms with E-state index in [2.05, 4.69) is 17.1 Å². The van der Waals surface area contributed by atoms with Crippen LogP contribution < -0.4 is 5.32 Å². The number of hydrogen-bond donors (Lipinski definition) is 2. The smallest absolute Gasteiger partial charge is 0.322 e. The number of carbonyl (C=O) groups is 1. The lowest BCUT2D eigenvalue weighted by Gasteiger charge is -2.39. The first-order chi connectivity index (χ1) is 8.58. The molecule has 0 aliphatic carbocycles. The minimum Gasteiger partial charge on any atom is -0.480 e. The Kier molecular flexibility index (Phi) is 6.60. The Bertz CT molecular complexity index is 261. The lowest BCUT2D eigenvalue weighted by Crippen LogP contribution is -2.55. The maximum Gasteiger partial charge on any atom is 0.322 e. The molecule has 3 unspecified atom stereocenters. The van der Waals surface area contributed by atoms with E-state index in [9.17, 15) is 9.90 Å². The van der Waals surface area contributed by atoms with Gasteiger partial charge in [0.05, 0.1) is 12.7 Å². The third-order valence-electron chi connectivity index (χ3n) is 3.41. The number of hydrogen-bond acceptors (Lipinski definition) is 4. The number of nitrogens with zero attached hydrogens (tertiary/aromatic N) is 1. The molecule has 0 aromatic heterocycles. The van der Waals surface area contributed by atoms with Gasteiger partial charge in [0.15, 0.2) is 0 Å². The largest absolute Gasteiger partial charge is 0.480 e. The molecule has 106 valence electrons. The maximum atomic E-state index is 11.2. The Morgan fingerprint density at radius 1 is 1.56 bits per heavy atom. The van der Waals surface area contributed by atoms with Crippen molar-refractivity contribution in [3.8, 4) is 0 Å². The third-order valence-corrected chi connectivity index (χ3v) is 3.41. The molecule has 5 heteroatoms. The molecule has 1 fully saturated rings. The molecule has 2 N–H and O–H groups in total. The molecular weight excluding hydrogens is 232 g/mol. The summed E-state index contributed by atoms with van der Waals surface area (Å²) in [5.74, 6) is -0.766. The molecule has 0 spiro atoms. The van der Waals surface area contributed by atoms with Crippen molar-refractivity contribution in [2.24, 2.45) is 0 Å². The van der Waals surface area contributed by atoms with Gasteiger partial charge in [0.1, 0.15) is 6.04 Å². The summed E-state index contributed by atoms with van der Waals surface area (Å²) in [6.45, 7) is 9.01. The van der Waals surface area contributed by atoms with Crippen LogP contribution in [0.5, 0.6) is 0 Å². The molecule has 5 nitrogen and oxygen atoms in total. The number of rotatable bonds is 7. The molecule has 0 bridgehead atoms. The molecule has 1 saturated heterocycles. The molecular formula is C13H26N2O3. The summed E-state index contributed by atoms with van der Waals surface area (Å²) in [5.41, 5.74) is 0. The zero-order valence-corrected chi connectivity index (χ0v) is 11.7. The highest BCUT2D eigenvalue weighted by atomic mass is 16.5.